The predicted molar refractivity (Wildman–Crippen MR) is 70.3 cm³/mol. The summed E-state index contributed by atoms with van der Waals surface area (Å²) in [5.74, 6) is -0.714. The Hall–Kier alpha value is -1.70. The summed E-state index contributed by atoms with van der Waals surface area (Å²) in [6.45, 7) is 1.73. The number of benzene rings is 1. The van der Waals surface area contributed by atoms with E-state index in [9.17, 15) is 25.1 Å². The lowest BCUT2D eigenvalue weighted by molar-refractivity contribution is -0.386. The summed E-state index contributed by atoms with van der Waals surface area (Å²) in [5, 5.41) is 30.6. The molecule has 0 heterocycles. The van der Waals surface area contributed by atoms with Crippen molar-refractivity contribution in [2.75, 3.05) is 6.61 Å². The number of aliphatic hydroxyl groups excluding tert-OH is 2. The van der Waals surface area contributed by atoms with Gasteiger partial charge in [-0.3, -0.25) is 14.9 Å². The molecule has 0 bridgehead atoms. The average Bonchev–Trinajstić information content (AvgIpc) is 2.37. The number of nitro benzene ring substituents is 1. The van der Waals surface area contributed by atoms with Gasteiger partial charge in [-0.05, 0) is 13.0 Å². The van der Waals surface area contributed by atoms with Crippen molar-refractivity contribution < 1.29 is 24.7 Å². The average molecular weight is 304 g/mol. The van der Waals surface area contributed by atoms with E-state index >= 15 is 0 Å². The summed E-state index contributed by atoms with van der Waals surface area (Å²) in [7, 11) is 0. The van der Waals surface area contributed by atoms with Crippen LogP contribution < -0.4 is 0 Å². The van der Waals surface area contributed by atoms with Crippen LogP contribution in [0.3, 0.4) is 0 Å². The smallest absolute Gasteiger partial charge is 0.308 e. The maximum absolute atomic E-state index is 11.2. The Morgan fingerprint density at radius 1 is 1.50 bits per heavy atom. The van der Waals surface area contributed by atoms with Gasteiger partial charge < -0.3 is 14.9 Å². The van der Waals surface area contributed by atoms with E-state index in [1.165, 1.54) is 12.1 Å². The molecule has 8 heteroatoms. The van der Waals surface area contributed by atoms with Crippen LogP contribution in [-0.4, -0.2) is 33.8 Å². The van der Waals surface area contributed by atoms with Crippen LogP contribution in [0.2, 0.25) is 5.02 Å². The monoisotopic (exact) mass is 303 g/mol. The predicted octanol–water partition coefficient (Wildman–Crippen LogP) is 1.60. The number of hydrogen-bond acceptors (Lipinski definition) is 6. The van der Waals surface area contributed by atoms with Gasteiger partial charge in [0.2, 0.25) is 0 Å². The number of esters is 1. The molecule has 0 saturated carbocycles. The van der Waals surface area contributed by atoms with E-state index in [1.54, 1.807) is 6.92 Å². The lowest BCUT2D eigenvalue weighted by Gasteiger charge is -2.18. The second-order valence-corrected chi connectivity index (χ2v) is 4.36. The Balaban J connectivity index is 2.99. The number of aliphatic hydroxyl groups is 2. The molecule has 0 aliphatic carbocycles. The lowest BCUT2D eigenvalue weighted by Crippen LogP contribution is -2.24. The first-order valence-corrected chi connectivity index (χ1v) is 6.20. The van der Waals surface area contributed by atoms with Gasteiger partial charge in [0.15, 0.2) is 0 Å². The summed E-state index contributed by atoms with van der Waals surface area (Å²) in [5.41, 5.74) is -0.649. The molecule has 0 amide bonds. The highest BCUT2D eigenvalue weighted by atomic mass is 35.5. The van der Waals surface area contributed by atoms with Crippen molar-refractivity contribution in [2.45, 2.75) is 25.6 Å². The van der Waals surface area contributed by atoms with Crippen molar-refractivity contribution in [1.29, 1.82) is 0 Å². The third-order valence-corrected chi connectivity index (χ3v) is 2.90. The fraction of sp³-hybridized carbons (Fsp3) is 0.417. The summed E-state index contributed by atoms with van der Waals surface area (Å²) in [4.78, 5) is 21.4. The zero-order valence-corrected chi connectivity index (χ0v) is 11.4. The van der Waals surface area contributed by atoms with Crippen LogP contribution in [-0.2, 0) is 9.53 Å². The van der Waals surface area contributed by atoms with E-state index in [1.807, 2.05) is 0 Å². The zero-order chi connectivity index (χ0) is 15.3. The van der Waals surface area contributed by atoms with Crippen LogP contribution in [0.4, 0.5) is 5.69 Å². The van der Waals surface area contributed by atoms with E-state index in [0.29, 0.717) is 0 Å². The number of halogens is 1. The molecular formula is C12H14ClNO6. The van der Waals surface area contributed by atoms with E-state index in [2.05, 4.69) is 4.74 Å². The Morgan fingerprint density at radius 2 is 2.15 bits per heavy atom. The summed E-state index contributed by atoms with van der Waals surface area (Å²) in [6.07, 6.45) is -3.70. The highest BCUT2D eigenvalue weighted by Crippen LogP contribution is 2.34. The van der Waals surface area contributed by atoms with Crippen LogP contribution >= 0.6 is 11.6 Å². The molecule has 0 spiro atoms. The van der Waals surface area contributed by atoms with Crippen LogP contribution in [0, 0.1) is 10.1 Å². The largest absolute Gasteiger partial charge is 0.466 e. The van der Waals surface area contributed by atoms with E-state index < -0.39 is 35.2 Å². The molecule has 0 aliphatic rings. The van der Waals surface area contributed by atoms with Crippen molar-refractivity contribution in [1.82, 2.24) is 0 Å². The van der Waals surface area contributed by atoms with E-state index in [4.69, 9.17) is 11.6 Å². The van der Waals surface area contributed by atoms with Crippen molar-refractivity contribution in [2.24, 2.45) is 0 Å². The van der Waals surface area contributed by atoms with Gasteiger partial charge in [-0.25, -0.2) is 0 Å². The molecule has 1 aromatic carbocycles. The number of carbonyl (C=O) groups excluding carboxylic acids is 1. The van der Waals surface area contributed by atoms with Gasteiger partial charge in [0, 0.05) is 6.07 Å². The lowest BCUT2D eigenvalue weighted by atomic mass is 10.0. The van der Waals surface area contributed by atoms with Gasteiger partial charge in [0.25, 0.3) is 5.69 Å². The first-order chi connectivity index (χ1) is 9.38. The number of carbonyl (C=O) groups is 1. The van der Waals surface area contributed by atoms with Crippen LogP contribution in [0.5, 0.6) is 0 Å². The molecule has 7 nitrogen and oxygen atoms in total. The van der Waals surface area contributed by atoms with Gasteiger partial charge >= 0.3 is 5.97 Å². The molecular weight excluding hydrogens is 290 g/mol. The quantitative estimate of drug-likeness (QED) is 0.469. The third kappa shape index (κ3) is 3.89. The van der Waals surface area contributed by atoms with Gasteiger partial charge in [-0.1, -0.05) is 17.7 Å². The molecule has 2 atom stereocenters. The minimum atomic E-state index is -1.66. The molecule has 2 unspecified atom stereocenters. The Labute approximate surface area is 119 Å². The van der Waals surface area contributed by atoms with Crippen molar-refractivity contribution in [3.05, 3.63) is 38.9 Å². The number of hydrogen-bond donors (Lipinski definition) is 2. The van der Waals surface area contributed by atoms with Crippen molar-refractivity contribution >= 4 is 23.3 Å². The topological polar surface area (TPSA) is 110 Å². The SMILES string of the molecule is CCOC(=O)CC(O)C(O)c1c(Cl)cccc1[N+](=O)[O-]. The third-order valence-electron chi connectivity index (χ3n) is 2.57. The molecule has 20 heavy (non-hydrogen) atoms. The minimum Gasteiger partial charge on any atom is -0.466 e. The van der Waals surface area contributed by atoms with Crippen molar-refractivity contribution in [3.63, 3.8) is 0 Å². The minimum absolute atomic E-state index is 0.0605. The molecule has 0 saturated heterocycles. The second-order valence-electron chi connectivity index (χ2n) is 3.95. The fourth-order valence-electron chi connectivity index (χ4n) is 1.67. The molecule has 0 aromatic heterocycles. The maximum Gasteiger partial charge on any atom is 0.308 e. The molecule has 110 valence electrons. The van der Waals surface area contributed by atoms with Crippen LogP contribution in [0.15, 0.2) is 18.2 Å². The normalized spacial score (nSPS) is 13.6. The molecule has 0 radical (unpaired) electrons. The van der Waals surface area contributed by atoms with Gasteiger partial charge in [-0.15, -0.1) is 0 Å². The molecule has 0 aliphatic heterocycles. The Bertz CT molecular complexity index is 507. The molecule has 2 N–H and O–H groups in total. The Morgan fingerprint density at radius 3 is 2.70 bits per heavy atom. The number of nitrogens with zero attached hydrogens (tertiary/aromatic N) is 1. The van der Waals surface area contributed by atoms with E-state index in [-0.39, 0.29) is 17.2 Å². The van der Waals surface area contributed by atoms with Crippen LogP contribution in [0.25, 0.3) is 0 Å². The van der Waals surface area contributed by atoms with Crippen molar-refractivity contribution in [3.8, 4) is 0 Å². The first-order valence-electron chi connectivity index (χ1n) is 5.83. The van der Waals surface area contributed by atoms with E-state index in [0.717, 1.165) is 6.07 Å². The zero-order valence-electron chi connectivity index (χ0n) is 10.7. The second kappa shape index (κ2) is 7.18. The van der Waals surface area contributed by atoms with Gasteiger partial charge in [0.05, 0.1) is 34.6 Å². The standard InChI is InChI=1S/C12H14ClNO6/c1-2-20-10(16)6-9(15)12(17)11-7(13)4-3-5-8(11)14(18)19/h3-5,9,12,15,17H,2,6H2,1H3. The Kier molecular flexibility index (Phi) is 5.87. The highest BCUT2D eigenvalue weighted by Gasteiger charge is 2.30. The summed E-state index contributed by atoms with van der Waals surface area (Å²) >= 11 is 5.82. The van der Waals surface area contributed by atoms with Crippen LogP contribution in [0.1, 0.15) is 25.0 Å². The molecule has 0 fully saturated rings. The van der Waals surface area contributed by atoms with Gasteiger partial charge in [-0.2, -0.15) is 0 Å². The first kappa shape index (κ1) is 16.4. The maximum atomic E-state index is 11.2. The number of ether oxygens (including phenoxy) is 1. The number of rotatable bonds is 6. The number of nitro groups is 1. The van der Waals surface area contributed by atoms with Gasteiger partial charge in [0.1, 0.15) is 6.10 Å². The molecule has 1 aromatic rings. The summed E-state index contributed by atoms with van der Waals surface area (Å²) in [6, 6.07) is 3.86. The fourth-order valence-corrected chi connectivity index (χ4v) is 1.95. The molecule has 1 rings (SSSR count). The summed E-state index contributed by atoms with van der Waals surface area (Å²) < 4.78 is 4.63. The highest BCUT2D eigenvalue weighted by molar-refractivity contribution is 6.31.